The van der Waals surface area contributed by atoms with Crippen molar-refractivity contribution in [2.24, 2.45) is 0 Å². The van der Waals surface area contributed by atoms with E-state index in [9.17, 15) is 9.18 Å². The first-order valence-electron chi connectivity index (χ1n) is 8.51. The van der Waals surface area contributed by atoms with Gasteiger partial charge in [-0.2, -0.15) is 0 Å². The molecule has 0 saturated heterocycles. The molecule has 2 aromatic carbocycles. The lowest BCUT2D eigenvalue weighted by Gasteiger charge is -2.22. The van der Waals surface area contributed by atoms with Crippen molar-refractivity contribution in [3.05, 3.63) is 59.4 Å². The van der Waals surface area contributed by atoms with Crippen molar-refractivity contribution >= 4 is 17.8 Å². The first-order chi connectivity index (χ1) is 12.4. The van der Waals surface area contributed by atoms with Crippen LogP contribution in [-0.4, -0.2) is 30.8 Å². The van der Waals surface area contributed by atoms with E-state index in [1.165, 1.54) is 23.0 Å². The number of carbonyl (C=O) groups excluding carboxylic acids is 1. The van der Waals surface area contributed by atoms with Gasteiger partial charge < -0.3 is 15.0 Å². The van der Waals surface area contributed by atoms with E-state index in [1.54, 1.807) is 30.9 Å². The topological polar surface area (TPSA) is 41.6 Å². The third kappa shape index (κ3) is 5.39. The van der Waals surface area contributed by atoms with Gasteiger partial charge in [-0.1, -0.05) is 25.1 Å². The fourth-order valence-corrected chi connectivity index (χ4v) is 3.21. The van der Waals surface area contributed by atoms with Gasteiger partial charge in [0.1, 0.15) is 0 Å². The highest BCUT2D eigenvalue weighted by atomic mass is 32.2. The van der Waals surface area contributed by atoms with Crippen molar-refractivity contribution < 1.29 is 13.9 Å². The maximum atomic E-state index is 13.8. The summed E-state index contributed by atoms with van der Waals surface area (Å²) in [5.74, 6) is 0.791. The maximum absolute atomic E-state index is 13.8. The Labute approximate surface area is 158 Å². The number of rotatable bonds is 7. The molecule has 2 rings (SSSR count). The van der Waals surface area contributed by atoms with E-state index in [1.807, 2.05) is 19.1 Å². The quantitative estimate of drug-likeness (QED) is 0.703. The Balaban J connectivity index is 1.94. The normalized spacial score (nSPS) is 11.7. The monoisotopic (exact) mass is 376 g/mol. The molecule has 26 heavy (non-hydrogen) atoms. The Bertz CT molecular complexity index is 737. The summed E-state index contributed by atoms with van der Waals surface area (Å²) in [6.45, 7) is 4.37. The van der Waals surface area contributed by atoms with Crippen molar-refractivity contribution in [1.29, 1.82) is 0 Å². The van der Waals surface area contributed by atoms with Crippen LogP contribution in [0, 0.1) is 5.82 Å². The molecule has 4 nitrogen and oxygen atoms in total. The van der Waals surface area contributed by atoms with Crippen LogP contribution in [0.5, 0.6) is 5.75 Å². The molecule has 0 aliphatic rings. The van der Waals surface area contributed by atoms with Gasteiger partial charge in [0.2, 0.25) is 0 Å². The van der Waals surface area contributed by atoms with Gasteiger partial charge in [0, 0.05) is 18.5 Å². The zero-order valence-corrected chi connectivity index (χ0v) is 16.4. The van der Waals surface area contributed by atoms with E-state index in [0.29, 0.717) is 12.1 Å². The minimum absolute atomic E-state index is 0.113. The first-order valence-corrected chi connectivity index (χ1v) is 9.50. The highest BCUT2D eigenvalue weighted by molar-refractivity contribution is 7.99. The number of benzene rings is 2. The van der Waals surface area contributed by atoms with Crippen LogP contribution in [0.25, 0.3) is 0 Å². The number of nitrogens with one attached hydrogen (secondary N) is 1. The lowest BCUT2D eigenvalue weighted by atomic mass is 10.1. The number of nitrogens with zero attached hydrogens (tertiary/aromatic N) is 1. The molecule has 0 heterocycles. The molecule has 140 valence electrons. The third-order valence-electron chi connectivity index (χ3n) is 4.01. The number of amides is 2. The molecule has 0 fully saturated rings. The average molecular weight is 376 g/mol. The molecule has 6 heteroatoms. The summed E-state index contributed by atoms with van der Waals surface area (Å²) in [7, 11) is 3.11. The average Bonchev–Trinajstić information content (AvgIpc) is 2.62. The Morgan fingerprint density at radius 3 is 2.54 bits per heavy atom. The Morgan fingerprint density at radius 1 is 1.27 bits per heavy atom. The number of methoxy groups -OCH3 is 1. The standard InChI is InChI=1S/C20H25FN2O2S/c1-5-26-17-9-7-16(8-10-17)14(2)22-20(24)23(3)13-15-6-11-19(25-4)18(21)12-15/h6-12,14H,5,13H2,1-4H3,(H,22,24). The van der Waals surface area contributed by atoms with Crippen LogP contribution in [-0.2, 0) is 6.54 Å². The number of thioether (sulfide) groups is 1. The van der Waals surface area contributed by atoms with E-state index in [0.717, 1.165) is 11.3 Å². The van der Waals surface area contributed by atoms with Gasteiger partial charge in [0.05, 0.1) is 13.2 Å². The van der Waals surface area contributed by atoms with E-state index in [4.69, 9.17) is 4.74 Å². The molecular weight excluding hydrogens is 351 g/mol. The van der Waals surface area contributed by atoms with Crippen LogP contribution in [0.4, 0.5) is 9.18 Å². The summed E-state index contributed by atoms with van der Waals surface area (Å²) < 4.78 is 18.7. The van der Waals surface area contributed by atoms with E-state index in [-0.39, 0.29) is 17.8 Å². The second-order valence-corrected chi connectivity index (χ2v) is 7.34. The van der Waals surface area contributed by atoms with Gasteiger partial charge in [0.15, 0.2) is 11.6 Å². The molecule has 0 bridgehead atoms. The van der Waals surface area contributed by atoms with Crippen molar-refractivity contribution in [3.8, 4) is 5.75 Å². The van der Waals surface area contributed by atoms with Gasteiger partial charge in [-0.3, -0.25) is 0 Å². The number of hydrogen-bond acceptors (Lipinski definition) is 3. The Hall–Kier alpha value is -2.21. The van der Waals surface area contributed by atoms with E-state index < -0.39 is 5.82 Å². The molecule has 0 spiro atoms. The smallest absolute Gasteiger partial charge is 0.317 e. The van der Waals surface area contributed by atoms with Crippen molar-refractivity contribution in [3.63, 3.8) is 0 Å². The fraction of sp³-hybridized carbons (Fsp3) is 0.350. The van der Waals surface area contributed by atoms with Crippen molar-refractivity contribution in [2.75, 3.05) is 19.9 Å². The minimum Gasteiger partial charge on any atom is -0.494 e. The van der Waals surface area contributed by atoms with Gasteiger partial charge in [0.25, 0.3) is 0 Å². The molecule has 2 amide bonds. The van der Waals surface area contributed by atoms with Crippen molar-refractivity contribution in [2.45, 2.75) is 31.3 Å². The summed E-state index contributed by atoms with van der Waals surface area (Å²) >= 11 is 1.78. The number of hydrogen-bond donors (Lipinski definition) is 1. The molecule has 1 N–H and O–H groups in total. The van der Waals surface area contributed by atoms with Crippen molar-refractivity contribution in [1.82, 2.24) is 10.2 Å². The zero-order chi connectivity index (χ0) is 19.1. The molecular formula is C20H25FN2O2S. The minimum atomic E-state index is -0.433. The molecule has 0 aliphatic heterocycles. The Kier molecular flexibility index (Phi) is 7.33. The fourth-order valence-electron chi connectivity index (χ4n) is 2.55. The van der Waals surface area contributed by atoms with Crippen LogP contribution in [0.2, 0.25) is 0 Å². The van der Waals surface area contributed by atoms with Gasteiger partial charge in [-0.05, 0) is 48.1 Å². The summed E-state index contributed by atoms with van der Waals surface area (Å²) in [6.07, 6.45) is 0. The lowest BCUT2D eigenvalue weighted by Crippen LogP contribution is -2.38. The van der Waals surface area contributed by atoms with E-state index >= 15 is 0 Å². The number of ether oxygens (including phenoxy) is 1. The summed E-state index contributed by atoms with van der Waals surface area (Å²) in [4.78, 5) is 15.1. The number of urea groups is 1. The maximum Gasteiger partial charge on any atom is 0.317 e. The van der Waals surface area contributed by atoms with Gasteiger partial charge >= 0.3 is 6.03 Å². The van der Waals surface area contributed by atoms with Crippen LogP contribution >= 0.6 is 11.8 Å². The van der Waals surface area contributed by atoms with Crippen LogP contribution in [0.1, 0.15) is 31.0 Å². The Morgan fingerprint density at radius 2 is 1.96 bits per heavy atom. The third-order valence-corrected chi connectivity index (χ3v) is 4.91. The predicted octanol–water partition coefficient (Wildman–Crippen LogP) is 4.85. The molecule has 0 radical (unpaired) electrons. The summed E-state index contributed by atoms with van der Waals surface area (Å²) in [5.41, 5.74) is 1.75. The molecule has 1 atom stereocenters. The number of carbonyl (C=O) groups is 1. The summed E-state index contributed by atoms with van der Waals surface area (Å²) in [5, 5.41) is 2.97. The van der Waals surface area contributed by atoms with E-state index in [2.05, 4.69) is 24.4 Å². The molecule has 2 aromatic rings. The largest absolute Gasteiger partial charge is 0.494 e. The second-order valence-electron chi connectivity index (χ2n) is 6.00. The van der Waals surface area contributed by atoms with Crippen LogP contribution < -0.4 is 10.1 Å². The van der Waals surface area contributed by atoms with Crippen LogP contribution in [0.15, 0.2) is 47.4 Å². The number of halogens is 1. The summed E-state index contributed by atoms with van der Waals surface area (Å²) in [6, 6.07) is 12.6. The zero-order valence-electron chi connectivity index (χ0n) is 15.6. The highest BCUT2D eigenvalue weighted by Gasteiger charge is 2.14. The highest BCUT2D eigenvalue weighted by Crippen LogP contribution is 2.21. The second kappa shape index (κ2) is 9.48. The van der Waals surface area contributed by atoms with Crippen LogP contribution in [0.3, 0.4) is 0 Å². The SMILES string of the molecule is CCSc1ccc(C(C)NC(=O)N(C)Cc2ccc(OC)c(F)c2)cc1. The molecule has 0 aliphatic carbocycles. The first kappa shape index (κ1) is 20.1. The molecule has 0 saturated carbocycles. The molecule has 1 unspecified atom stereocenters. The predicted molar refractivity (Wildman–Crippen MR) is 104 cm³/mol. The van der Waals surface area contributed by atoms with Gasteiger partial charge in [-0.25, -0.2) is 9.18 Å². The molecule has 0 aromatic heterocycles. The van der Waals surface area contributed by atoms with Gasteiger partial charge in [-0.15, -0.1) is 11.8 Å². The lowest BCUT2D eigenvalue weighted by molar-refractivity contribution is 0.203.